The van der Waals surface area contributed by atoms with Gasteiger partial charge in [-0.3, -0.25) is 4.79 Å². The first-order chi connectivity index (χ1) is 7.91. The Morgan fingerprint density at radius 1 is 1.53 bits per heavy atom. The summed E-state index contributed by atoms with van der Waals surface area (Å²) in [6.45, 7) is 4.22. The summed E-state index contributed by atoms with van der Waals surface area (Å²) in [4.78, 5) is 11.7. The average Bonchev–Trinajstić information content (AvgIpc) is 2.28. The van der Waals surface area contributed by atoms with E-state index in [1.54, 1.807) is 0 Å². The van der Waals surface area contributed by atoms with Crippen molar-refractivity contribution in [2.24, 2.45) is 11.7 Å². The Hall–Kier alpha value is -1.13. The van der Waals surface area contributed by atoms with E-state index in [1.165, 1.54) is 18.2 Å². The number of rotatable bonds is 4. The zero-order valence-corrected chi connectivity index (χ0v) is 10.6. The Kier molecular flexibility index (Phi) is 4.90. The maximum Gasteiger partial charge on any atom is 0.254 e. The van der Waals surface area contributed by atoms with E-state index in [0.717, 1.165) is 0 Å². The predicted octanol–water partition coefficient (Wildman–Crippen LogP) is 2.19. The lowest BCUT2D eigenvalue weighted by atomic mass is 10.1. The lowest BCUT2D eigenvalue weighted by Gasteiger charge is -2.16. The molecule has 0 fully saturated rings. The zero-order chi connectivity index (χ0) is 13.0. The van der Waals surface area contributed by atoms with Crippen LogP contribution in [0.2, 0.25) is 5.02 Å². The summed E-state index contributed by atoms with van der Waals surface area (Å²) in [6.07, 6.45) is 0. The number of halogens is 2. The van der Waals surface area contributed by atoms with Gasteiger partial charge >= 0.3 is 0 Å². The summed E-state index contributed by atoms with van der Waals surface area (Å²) in [5.74, 6) is -0.842. The smallest absolute Gasteiger partial charge is 0.254 e. The molecule has 0 saturated heterocycles. The second-order valence-electron chi connectivity index (χ2n) is 4.24. The van der Waals surface area contributed by atoms with E-state index in [4.69, 9.17) is 17.3 Å². The van der Waals surface area contributed by atoms with E-state index < -0.39 is 11.7 Å². The third kappa shape index (κ3) is 3.98. The SMILES string of the molecule is CC(C)C(N)CNC(=O)c1cc(Cl)ccc1F. The Balaban J connectivity index is 2.67. The Morgan fingerprint density at radius 3 is 2.76 bits per heavy atom. The molecule has 1 atom stereocenters. The highest BCUT2D eigenvalue weighted by atomic mass is 35.5. The highest BCUT2D eigenvalue weighted by Crippen LogP contribution is 2.14. The Morgan fingerprint density at radius 2 is 2.18 bits per heavy atom. The maximum absolute atomic E-state index is 13.4. The van der Waals surface area contributed by atoms with Crippen LogP contribution in [0.4, 0.5) is 4.39 Å². The standard InChI is InChI=1S/C12H16ClFN2O/c1-7(2)11(15)6-16-12(17)9-5-8(13)3-4-10(9)14/h3-5,7,11H,6,15H2,1-2H3,(H,16,17). The molecule has 1 amide bonds. The zero-order valence-electron chi connectivity index (χ0n) is 9.84. The minimum atomic E-state index is -0.593. The number of amides is 1. The number of nitrogens with two attached hydrogens (primary N) is 1. The van der Waals surface area contributed by atoms with Gasteiger partial charge in [-0.15, -0.1) is 0 Å². The molecule has 0 radical (unpaired) electrons. The molecule has 1 aromatic rings. The largest absolute Gasteiger partial charge is 0.350 e. The molecule has 0 bridgehead atoms. The summed E-state index contributed by atoms with van der Waals surface area (Å²) >= 11 is 5.70. The minimum Gasteiger partial charge on any atom is -0.350 e. The van der Waals surface area contributed by atoms with Gasteiger partial charge in [0.25, 0.3) is 5.91 Å². The van der Waals surface area contributed by atoms with Crippen molar-refractivity contribution in [3.63, 3.8) is 0 Å². The predicted molar refractivity (Wildman–Crippen MR) is 66.6 cm³/mol. The molecule has 1 rings (SSSR count). The third-order valence-electron chi connectivity index (χ3n) is 2.53. The lowest BCUT2D eigenvalue weighted by Crippen LogP contribution is -2.40. The minimum absolute atomic E-state index is 0.0616. The third-order valence-corrected chi connectivity index (χ3v) is 2.76. The van der Waals surface area contributed by atoms with Crippen LogP contribution in [0.1, 0.15) is 24.2 Å². The highest BCUT2D eigenvalue weighted by Gasteiger charge is 2.14. The monoisotopic (exact) mass is 258 g/mol. The number of hydrogen-bond acceptors (Lipinski definition) is 2. The maximum atomic E-state index is 13.4. The molecule has 3 nitrogen and oxygen atoms in total. The van der Waals surface area contributed by atoms with Crippen LogP contribution in [0, 0.1) is 11.7 Å². The molecule has 0 saturated carbocycles. The van der Waals surface area contributed by atoms with Crippen molar-refractivity contribution in [1.82, 2.24) is 5.32 Å². The molecule has 0 aliphatic rings. The number of carbonyl (C=O) groups excluding carboxylic acids is 1. The van der Waals surface area contributed by atoms with Crippen molar-refractivity contribution in [3.05, 3.63) is 34.6 Å². The van der Waals surface area contributed by atoms with Crippen LogP contribution in [0.3, 0.4) is 0 Å². The molecule has 1 aromatic carbocycles. The van der Waals surface area contributed by atoms with Crippen molar-refractivity contribution in [3.8, 4) is 0 Å². The highest BCUT2D eigenvalue weighted by molar-refractivity contribution is 6.30. The summed E-state index contributed by atoms with van der Waals surface area (Å²) in [5, 5.41) is 2.91. The van der Waals surface area contributed by atoms with Crippen molar-refractivity contribution in [2.75, 3.05) is 6.54 Å². The van der Waals surface area contributed by atoms with Gasteiger partial charge in [-0.2, -0.15) is 0 Å². The van der Waals surface area contributed by atoms with Crippen LogP contribution < -0.4 is 11.1 Å². The summed E-state index contributed by atoms with van der Waals surface area (Å²) in [6, 6.07) is 3.71. The van der Waals surface area contributed by atoms with Gasteiger partial charge in [-0.25, -0.2) is 4.39 Å². The number of carbonyl (C=O) groups is 1. The molecule has 94 valence electrons. The van der Waals surface area contributed by atoms with E-state index in [9.17, 15) is 9.18 Å². The van der Waals surface area contributed by atoms with Crippen molar-refractivity contribution >= 4 is 17.5 Å². The average molecular weight is 259 g/mol. The molecule has 0 aliphatic heterocycles. The van der Waals surface area contributed by atoms with Crippen LogP contribution in [0.5, 0.6) is 0 Å². The van der Waals surface area contributed by atoms with E-state index in [1.807, 2.05) is 13.8 Å². The van der Waals surface area contributed by atoms with Crippen molar-refractivity contribution < 1.29 is 9.18 Å². The van der Waals surface area contributed by atoms with Gasteiger partial charge in [-0.1, -0.05) is 25.4 Å². The second kappa shape index (κ2) is 5.98. The summed E-state index contributed by atoms with van der Waals surface area (Å²) in [5.41, 5.74) is 5.71. The second-order valence-corrected chi connectivity index (χ2v) is 4.68. The molecule has 3 N–H and O–H groups in total. The van der Waals surface area contributed by atoms with Gasteiger partial charge in [0.1, 0.15) is 5.82 Å². The molecule has 5 heteroatoms. The number of nitrogens with one attached hydrogen (secondary N) is 1. The quantitative estimate of drug-likeness (QED) is 0.870. The van der Waals surface area contributed by atoms with Gasteiger partial charge in [0.05, 0.1) is 5.56 Å². The van der Waals surface area contributed by atoms with Gasteiger partial charge in [0.15, 0.2) is 0 Å². The van der Waals surface area contributed by atoms with Gasteiger partial charge in [-0.05, 0) is 24.1 Å². The summed E-state index contributed by atoms with van der Waals surface area (Å²) in [7, 11) is 0. The molecule has 17 heavy (non-hydrogen) atoms. The number of hydrogen-bond donors (Lipinski definition) is 2. The van der Waals surface area contributed by atoms with Crippen molar-refractivity contribution in [1.29, 1.82) is 0 Å². The number of benzene rings is 1. The molecule has 0 heterocycles. The van der Waals surface area contributed by atoms with E-state index >= 15 is 0 Å². The fourth-order valence-electron chi connectivity index (χ4n) is 1.21. The van der Waals surface area contributed by atoms with E-state index in [2.05, 4.69) is 5.32 Å². The molecule has 0 aromatic heterocycles. The first-order valence-corrected chi connectivity index (χ1v) is 5.78. The van der Waals surface area contributed by atoms with Crippen LogP contribution >= 0.6 is 11.6 Å². The molecular formula is C12H16ClFN2O. The topological polar surface area (TPSA) is 55.1 Å². The normalized spacial score (nSPS) is 12.6. The van der Waals surface area contributed by atoms with Crippen molar-refractivity contribution in [2.45, 2.75) is 19.9 Å². The Bertz CT molecular complexity index is 409. The van der Waals surface area contributed by atoms with E-state index in [-0.39, 0.29) is 17.5 Å². The first-order valence-electron chi connectivity index (χ1n) is 5.40. The molecular weight excluding hydrogens is 243 g/mol. The molecule has 0 spiro atoms. The van der Waals surface area contributed by atoms with Crippen LogP contribution in [-0.4, -0.2) is 18.5 Å². The van der Waals surface area contributed by atoms with Gasteiger partial charge in [0.2, 0.25) is 0 Å². The van der Waals surface area contributed by atoms with E-state index in [0.29, 0.717) is 11.6 Å². The Labute approximate surface area is 105 Å². The summed E-state index contributed by atoms with van der Waals surface area (Å²) < 4.78 is 13.4. The van der Waals surface area contributed by atoms with Gasteiger partial charge < -0.3 is 11.1 Å². The lowest BCUT2D eigenvalue weighted by molar-refractivity contribution is 0.0945. The molecule has 0 aliphatic carbocycles. The fraction of sp³-hybridized carbons (Fsp3) is 0.417. The first kappa shape index (κ1) is 13.9. The fourth-order valence-corrected chi connectivity index (χ4v) is 1.39. The van der Waals surface area contributed by atoms with Crippen LogP contribution in [0.15, 0.2) is 18.2 Å². The van der Waals surface area contributed by atoms with Crippen LogP contribution in [-0.2, 0) is 0 Å². The molecule has 1 unspecified atom stereocenters. The van der Waals surface area contributed by atoms with Gasteiger partial charge in [0, 0.05) is 17.6 Å². The van der Waals surface area contributed by atoms with Crippen LogP contribution in [0.25, 0.3) is 0 Å².